The Morgan fingerprint density at radius 2 is 2.29 bits per heavy atom. The maximum absolute atomic E-state index is 10.7. The van der Waals surface area contributed by atoms with Gasteiger partial charge < -0.3 is 9.52 Å². The lowest BCUT2D eigenvalue weighted by Gasteiger charge is -2.18. The molecule has 6 nitrogen and oxygen atoms in total. The lowest BCUT2D eigenvalue weighted by molar-refractivity contribution is -0.137. The zero-order chi connectivity index (χ0) is 14.8. The van der Waals surface area contributed by atoms with Gasteiger partial charge in [0.2, 0.25) is 5.89 Å². The Morgan fingerprint density at radius 1 is 1.48 bits per heavy atom. The van der Waals surface area contributed by atoms with Crippen molar-refractivity contribution in [2.75, 3.05) is 6.54 Å². The molecule has 1 saturated carbocycles. The quantitative estimate of drug-likeness (QED) is 0.805. The van der Waals surface area contributed by atoms with Crippen molar-refractivity contribution in [1.82, 2.24) is 15.1 Å². The standard InChI is InChI=1S/C13H14BrN3O3S/c14-10-4-3-9(21-10)13-16-15-11(20-13)7-17(8-1-2-8)6-5-12(18)19/h3-4,8H,1-2,5-7H2,(H,18,19). The van der Waals surface area contributed by atoms with Gasteiger partial charge in [-0.15, -0.1) is 21.5 Å². The van der Waals surface area contributed by atoms with Crippen LogP contribution >= 0.6 is 27.3 Å². The summed E-state index contributed by atoms with van der Waals surface area (Å²) in [5, 5.41) is 16.9. The van der Waals surface area contributed by atoms with Gasteiger partial charge in [-0.2, -0.15) is 0 Å². The molecule has 0 atom stereocenters. The number of carboxylic acid groups (broad SMARTS) is 1. The molecule has 1 aliphatic rings. The number of hydrogen-bond donors (Lipinski definition) is 1. The van der Waals surface area contributed by atoms with Crippen LogP contribution in [-0.4, -0.2) is 38.8 Å². The highest BCUT2D eigenvalue weighted by Gasteiger charge is 2.30. The van der Waals surface area contributed by atoms with Crippen molar-refractivity contribution in [3.8, 4) is 10.8 Å². The fourth-order valence-corrected chi connectivity index (χ4v) is 3.40. The van der Waals surface area contributed by atoms with Gasteiger partial charge in [0.1, 0.15) is 0 Å². The first-order valence-corrected chi connectivity index (χ1v) is 8.26. The largest absolute Gasteiger partial charge is 0.481 e. The van der Waals surface area contributed by atoms with Crippen molar-refractivity contribution < 1.29 is 14.3 Å². The monoisotopic (exact) mass is 371 g/mol. The fraction of sp³-hybridized carbons (Fsp3) is 0.462. The van der Waals surface area contributed by atoms with E-state index in [-0.39, 0.29) is 6.42 Å². The van der Waals surface area contributed by atoms with Crippen molar-refractivity contribution in [3.05, 3.63) is 21.8 Å². The highest BCUT2D eigenvalue weighted by molar-refractivity contribution is 9.11. The van der Waals surface area contributed by atoms with E-state index in [0.29, 0.717) is 30.9 Å². The Balaban J connectivity index is 1.66. The minimum absolute atomic E-state index is 0.134. The van der Waals surface area contributed by atoms with Crippen LogP contribution in [0.1, 0.15) is 25.2 Å². The minimum Gasteiger partial charge on any atom is -0.481 e. The Morgan fingerprint density at radius 3 is 2.90 bits per heavy atom. The molecule has 0 bridgehead atoms. The molecule has 3 rings (SSSR count). The molecule has 0 amide bonds. The van der Waals surface area contributed by atoms with Crippen molar-refractivity contribution in [2.24, 2.45) is 0 Å². The van der Waals surface area contributed by atoms with E-state index in [9.17, 15) is 4.79 Å². The number of halogens is 1. The van der Waals surface area contributed by atoms with Gasteiger partial charge >= 0.3 is 5.97 Å². The maximum Gasteiger partial charge on any atom is 0.304 e. The predicted octanol–water partition coefficient (Wildman–Crippen LogP) is 3.00. The van der Waals surface area contributed by atoms with Crippen molar-refractivity contribution in [1.29, 1.82) is 0 Å². The second-order valence-electron chi connectivity index (χ2n) is 4.95. The Hall–Kier alpha value is -1.25. The average molecular weight is 372 g/mol. The van der Waals surface area contributed by atoms with E-state index >= 15 is 0 Å². The normalized spacial score (nSPS) is 14.8. The molecule has 1 fully saturated rings. The summed E-state index contributed by atoms with van der Waals surface area (Å²) >= 11 is 4.94. The van der Waals surface area contributed by atoms with E-state index in [2.05, 4.69) is 31.0 Å². The summed E-state index contributed by atoms with van der Waals surface area (Å²) in [5.41, 5.74) is 0. The molecular weight excluding hydrogens is 358 g/mol. The van der Waals surface area contributed by atoms with E-state index < -0.39 is 5.97 Å². The number of nitrogens with zero attached hydrogens (tertiary/aromatic N) is 3. The molecular formula is C13H14BrN3O3S. The van der Waals surface area contributed by atoms with Gasteiger partial charge in [-0.25, -0.2) is 0 Å². The SMILES string of the molecule is O=C(O)CCN(Cc1nnc(-c2ccc(Br)s2)o1)C1CC1. The summed E-state index contributed by atoms with van der Waals surface area (Å²) in [7, 11) is 0. The topological polar surface area (TPSA) is 79.5 Å². The average Bonchev–Trinajstić information content (AvgIpc) is 3.02. The smallest absolute Gasteiger partial charge is 0.304 e. The third kappa shape index (κ3) is 3.90. The molecule has 0 radical (unpaired) electrons. The molecule has 8 heteroatoms. The Kier molecular flexibility index (Phi) is 4.37. The van der Waals surface area contributed by atoms with Crippen molar-refractivity contribution in [2.45, 2.75) is 31.8 Å². The molecule has 1 N–H and O–H groups in total. The first-order valence-electron chi connectivity index (χ1n) is 6.66. The lowest BCUT2D eigenvalue weighted by Crippen LogP contribution is -2.28. The molecule has 1 aliphatic carbocycles. The Labute approximate surface area is 133 Å². The van der Waals surface area contributed by atoms with Crippen LogP contribution in [0.3, 0.4) is 0 Å². The van der Waals surface area contributed by atoms with Crippen molar-refractivity contribution in [3.63, 3.8) is 0 Å². The van der Waals surface area contributed by atoms with Crippen LogP contribution in [0, 0.1) is 0 Å². The van der Waals surface area contributed by atoms with E-state index in [4.69, 9.17) is 9.52 Å². The molecule has 2 heterocycles. The summed E-state index contributed by atoms with van der Waals surface area (Å²) in [6.07, 6.45) is 2.35. The number of rotatable bonds is 7. The molecule has 0 aliphatic heterocycles. The number of hydrogen-bond acceptors (Lipinski definition) is 6. The first kappa shape index (κ1) is 14.7. The molecule has 0 saturated heterocycles. The third-order valence-corrected chi connectivity index (χ3v) is 4.88. The van der Waals surface area contributed by atoms with Crippen LogP contribution in [0.25, 0.3) is 10.8 Å². The third-order valence-electron chi connectivity index (χ3n) is 3.27. The van der Waals surface area contributed by atoms with E-state index in [1.165, 1.54) is 11.3 Å². The van der Waals surface area contributed by atoms with Crippen LogP contribution in [-0.2, 0) is 11.3 Å². The minimum atomic E-state index is -0.782. The molecule has 21 heavy (non-hydrogen) atoms. The van der Waals surface area contributed by atoms with Gasteiger partial charge in [-0.1, -0.05) is 0 Å². The molecule has 0 spiro atoms. The zero-order valence-corrected chi connectivity index (χ0v) is 13.6. The molecule has 2 aromatic rings. The number of carboxylic acids is 1. The van der Waals surface area contributed by atoms with Crippen LogP contribution in [0.5, 0.6) is 0 Å². The van der Waals surface area contributed by atoms with Gasteiger partial charge in [0, 0.05) is 12.6 Å². The van der Waals surface area contributed by atoms with Crippen molar-refractivity contribution >= 4 is 33.2 Å². The van der Waals surface area contributed by atoms with E-state index in [0.717, 1.165) is 21.5 Å². The van der Waals surface area contributed by atoms with Crippen LogP contribution in [0.15, 0.2) is 20.3 Å². The van der Waals surface area contributed by atoms with Crippen LogP contribution < -0.4 is 0 Å². The summed E-state index contributed by atoms with van der Waals surface area (Å²) in [6, 6.07) is 4.32. The highest BCUT2D eigenvalue weighted by Crippen LogP contribution is 2.31. The van der Waals surface area contributed by atoms with Gasteiger partial charge in [0.05, 0.1) is 21.6 Å². The number of carbonyl (C=O) groups is 1. The lowest BCUT2D eigenvalue weighted by atomic mass is 10.3. The van der Waals surface area contributed by atoms with E-state index in [1.54, 1.807) is 0 Å². The number of thiophene rings is 1. The Bertz CT molecular complexity index is 638. The van der Waals surface area contributed by atoms with Crippen LogP contribution in [0.2, 0.25) is 0 Å². The van der Waals surface area contributed by atoms with Gasteiger partial charge in [-0.3, -0.25) is 9.69 Å². The fourth-order valence-electron chi connectivity index (χ4n) is 2.09. The predicted molar refractivity (Wildman–Crippen MR) is 81.0 cm³/mol. The summed E-state index contributed by atoms with van der Waals surface area (Å²) < 4.78 is 6.69. The second-order valence-corrected chi connectivity index (χ2v) is 7.41. The van der Waals surface area contributed by atoms with Gasteiger partial charge in [0.25, 0.3) is 5.89 Å². The molecule has 2 aromatic heterocycles. The van der Waals surface area contributed by atoms with Gasteiger partial charge in [-0.05, 0) is 40.9 Å². The summed E-state index contributed by atoms with van der Waals surface area (Å²) in [4.78, 5) is 13.7. The first-order chi connectivity index (χ1) is 10.1. The molecule has 112 valence electrons. The van der Waals surface area contributed by atoms with Gasteiger partial charge in [0.15, 0.2) is 0 Å². The zero-order valence-electron chi connectivity index (χ0n) is 11.2. The molecule has 0 aromatic carbocycles. The summed E-state index contributed by atoms with van der Waals surface area (Å²) in [6.45, 7) is 1.03. The maximum atomic E-state index is 10.7. The van der Waals surface area contributed by atoms with Crippen LogP contribution in [0.4, 0.5) is 0 Å². The number of aliphatic carboxylic acids is 1. The van der Waals surface area contributed by atoms with E-state index in [1.807, 2.05) is 12.1 Å². The molecule has 0 unspecified atom stereocenters. The summed E-state index contributed by atoms with van der Waals surface area (Å²) in [5.74, 6) is 0.261. The highest BCUT2D eigenvalue weighted by atomic mass is 79.9. The number of aromatic nitrogens is 2. The second kappa shape index (κ2) is 6.25.